The summed E-state index contributed by atoms with van der Waals surface area (Å²) in [7, 11) is 0. The zero-order chi connectivity index (χ0) is 30.0. The molecule has 2 nitrogen and oxygen atoms in total. The van der Waals surface area contributed by atoms with Crippen molar-refractivity contribution >= 4 is 57.2 Å². The van der Waals surface area contributed by atoms with Crippen molar-refractivity contribution in [3.05, 3.63) is 125 Å². The molecule has 0 unspecified atom stereocenters. The second kappa shape index (κ2) is 10.5. The number of hydrogen-bond donors (Lipinski definition) is 0. The molecule has 2 aliphatic heterocycles. The van der Waals surface area contributed by atoms with Crippen LogP contribution in [0.2, 0.25) is 0 Å². The quantitative estimate of drug-likeness (QED) is 0.194. The van der Waals surface area contributed by atoms with E-state index in [9.17, 15) is 0 Å². The Balaban J connectivity index is 1.51. The molecule has 0 radical (unpaired) electrons. The number of benzene rings is 5. The Morgan fingerprint density at radius 3 is 1.40 bits per heavy atom. The monoisotopic (exact) mass is 560 g/mol. The SMILES string of the molecule is Cc1ccc2c(c1)N(c1ccc(C(C)C)cc1)c1cccc3c1B2c1ccc(C(C)C)cc1N3c1ccc(C(C)C)cc1. The Morgan fingerprint density at radius 2 is 0.907 bits per heavy atom. The number of aryl methyl sites for hydroxylation is 1. The summed E-state index contributed by atoms with van der Waals surface area (Å²) in [5.41, 5.74) is 17.0. The molecule has 0 amide bonds. The largest absolute Gasteiger partial charge is 0.311 e. The van der Waals surface area contributed by atoms with Crippen LogP contribution in [0.15, 0.2) is 103 Å². The van der Waals surface area contributed by atoms with E-state index in [0.29, 0.717) is 17.8 Å². The maximum Gasteiger partial charge on any atom is 0.252 e. The highest BCUT2D eigenvalue weighted by atomic mass is 15.2. The summed E-state index contributed by atoms with van der Waals surface area (Å²) in [6.07, 6.45) is 0. The van der Waals surface area contributed by atoms with Gasteiger partial charge in [0.15, 0.2) is 0 Å². The summed E-state index contributed by atoms with van der Waals surface area (Å²) in [5, 5.41) is 0. The van der Waals surface area contributed by atoms with Crippen molar-refractivity contribution in [3.8, 4) is 0 Å². The van der Waals surface area contributed by atoms with Gasteiger partial charge in [-0.1, -0.05) is 96.1 Å². The molecule has 0 N–H and O–H groups in total. The molecule has 43 heavy (non-hydrogen) atoms. The molecule has 5 aromatic carbocycles. The third-order valence-electron chi connectivity index (χ3n) is 9.48. The molecule has 5 aromatic rings. The molecule has 0 saturated heterocycles. The smallest absolute Gasteiger partial charge is 0.252 e. The number of hydrogen-bond acceptors (Lipinski definition) is 2. The van der Waals surface area contributed by atoms with Crippen LogP contribution in [0.4, 0.5) is 34.1 Å². The highest BCUT2D eigenvalue weighted by Gasteiger charge is 2.43. The van der Waals surface area contributed by atoms with Crippen LogP contribution in [-0.4, -0.2) is 6.71 Å². The van der Waals surface area contributed by atoms with Gasteiger partial charge in [0.1, 0.15) is 0 Å². The lowest BCUT2D eigenvalue weighted by atomic mass is 9.33. The van der Waals surface area contributed by atoms with E-state index in [2.05, 4.69) is 161 Å². The van der Waals surface area contributed by atoms with E-state index < -0.39 is 0 Å². The topological polar surface area (TPSA) is 6.48 Å². The molecule has 0 aliphatic carbocycles. The van der Waals surface area contributed by atoms with Crippen LogP contribution in [0.5, 0.6) is 0 Å². The van der Waals surface area contributed by atoms with Gasteiger partial charge in [-0.3, -0.25) is 0 Å². The van der Waals surface area contributed by atoms with Gasteiger partial charge in [0.25, 0.3) is 6.71 Å². The summed E-state index contributed by atoms with van der Waals surface area (Å²) < 4.78 is 0. The van der Waals surface area contributed by atoms with Gasteiger partial charge in [0.05, 0.1) is 0 Å². The van der Waals surface area contributed by atoms with Crippen LogP contribution in [0, 0.1) is 6.92 Å². The molecule has 214 valence electrons. The molecule has 0 bridgehead atoms. The lowest BCUT2D eigenvalue weighted by Gasteiger charge is -2.44. The third kappa shape index (κ3) is 4.49. The maximum absolute atomic E-state index is 2.51. The minimum absolute atomic E-state index is 0.162. The number of anilines is 6. The van der Waals surface area contributed by atoms with Crippen LogP contribution < -0.4 is 26.2 Å². The zero-order valence-corrected chi connectivity index (χ0v) is 26.5. The fraction of sp³-hybridized carbons (Fsp3) is 0.250. The molecule has 0 saturated carbocycles. The maximum atomic E-state index is 2.51. The van der Waals surface area contributed by atoms with Gasteiger partial charge in [0.2, 0.25) is 0 Å². The van der Waals surface area contributed by atoms with Gasteiger partial charge < -0.3 is 9.80 Å². The molecular formula is C40H41BN2. The normalized spacial score (nSPS) is 13.5. The molecule has 0 atom stereocenters. The molecule has 3 heteroatoms. The molecule has 0 aromatic heterocycles. The minimum Gasteiger partial charge on any atom is -0.311 e. The fourth-order valence-corrected chi connectivity index (χ4v) is 6.99. The van der Waals surface area contributed by atoms with Crippen molar-refractivity contribution in [1.29, 1.82) is 0 Å². The molecule has 2 heterocycles. The van der Waals surface area contributed by atoms with E-state index in [1.165, 1.54) is 72.8 Å². The number of fused-ring (bicyclic) bond motifs is 4. The van der Waals surface area contributed by atoms with Crippen molar-refractivity contribution < 1.29 is 0 Å². The second-order valence-electron chi connectivity index (χ2n) is 13.3. The molecular weight excluding hydrogens is 519 g/mol. The zero-order valence-electron chi connectivity index (χ0n) is 26.5. The third-order valence-corrected chi connectivity index (χ3v) is 9.48. The van der Waals surface area contributed by atoms with Crippen molar-refractivity contribution in [2.75, 3.05) is 9.80 Å². The van der Waals surface area contributed by atoms with Crippen LogP contribution >= 0.6 is 0 Å². The summed E-state index contributed by atoms with van der Waals surface area (Å²) in [6, 6.07) is 39.5. The van der Waals surface area contributed by atoms with Crippen molar-refractivity contribution in [2.24, 2.45) is 0 Å². The second-order valence-corrected chi connectivity index (χ2v) is 13.3. The van der Waals surface area contributed by atoms with Gasteiger partial charge in [-0.05, 0) is 112 Å². The Kier molecular flexibility index (Phi) is 6.73. The van der Waals surface area contributed by atoms with Crippen LogP contribution in [0.3, 0.4) is 0 Å². The van der Waals surface area contributed by atoms with E-state index in [4.69, 9.17) is 0 Å². The van der Waals surface area contributed by atoms with Crippen LogP contribution in [0.25, 0.3) is 0 Å². The van der Waals surface area contributed by atoms with Gasteiger partial charge in [0, 0.05) is 34.1 Å². The predicted molar refractivity (Wildman–Crippen MR) is 187 cm³/mol. The van der Waals surface area contributed by atoms with Gasteiger partial charge in [-0.25, -0.2) is 0 Å². The first kappa shape index (κ1) is 27.6. The molecule has 0 fully saturated rings. The van der Waals surface area contributed by atoms with Crippen LogP contribution in [-0.2, 0) is 0 Å². The summed E-state index contributed by atoms with van der Waals surface area (Å²) in [4.78, 5) is 5.01. The standard InChI is InChI=1S/C40H41BN2/c1-25(2)29-12-17-32(18-13-29)42-36-9-8-10-37-40(36)41(34-21-11-28(7)23-38(34)42)35-22-16-31(27(5)6)24-39(35)43(37)33-19-14-30(15-20-33)26(3)4/h8-27H,1-7H3. The average molecular weight is 561 g/mol. The van der Waals surface area contributed by atoms with E-state index in [0.717, 1.165) is 0 Å². The first-order chi connectivity index (χ1) is 20.7. The highest BCUT2D eigenvalue weighted by Crippen LogP contribution is 2.44. The van der Waals surface area contributed by atoms with Gasteiger partial charge in [-0.15, -0.1) is 0 Å². The van der Waals surface area contributed by atoms with E-state index in [1.54, 1.807) is 0 Å². The van der Waals surface area contributed by atoms with E-state index in [-0.39, 0.29) is 6.71 Å². The first-order valence-electron chi connectivity index (χ1n) is 15.9. The molecule has 7 rings (SSSR count). The minimum atomic E-state index is 0.162. The van der Waals surface area contributed by atoms with Crippen LogP contribution in [0.1, 0.15) is 81.5 Å². The lowest BCUT2D eigenvalue weighted by Crippen LogP contribution is -2.61. The van der Waals surface area contributed by atoms with E-state index in [1.807, 2.05) is 0 Å². The molecule has 2 aliphatic rings. The van der Waals surface area contributed by atoms with Crippen molar-refractivity contribution in [3.63, 3.8) is 0 Å². The lowest BCUT2D eigenvalue weighted by molar-refractivity contribution is 0.865. The van der Waals surface area contributed by atoms with E-state index >= 15 is 0 Å². The van der Waals surface area contributed by atoms with Crippen molar-refractivity contribution in [1.82, 2.24) is 0 Å². The first-order valence-corrected chi connectivity index (χ1v) is 15.9. The van der Waals surface area contributed by atoms with Crippen molar-refractivity contribution in [2.45, 2.75) is 66.2 Å². The van der Waals surface area contributed by atoms with Gasteiger partial charge >= 0.3 is 0 Å². The summed E-state index contributed by atoms with van der Waals surface area (Å²) in [6.45, 7) is 16.0. The predicted octanol–water partition coefficient (Wildman–Crippen LogP) is 9.45. The Labute approximate surface area is 258 Å². The summed E-state index contributed by atoms with van der Waals surface area (Å²) >= 11 is 0. The Morgan fingerprint density at radius 1 is 0.465 bits per heavy atom. The summed E-state index contributed by atoms with van der Waals surface area (Å²) in [5.74, 6) is 1.45. The Hall–Kier alpha value is -4.24. The molecule has 0 spiro atoms. The fourth-order valence-electron chi connectivity index (χ4n) is 6.99. The Bertz CT molecular complexity index is 1820. The average Bonchev–Trinajstić information content (AvgIpc) is 3.00. The number of rotatable bonds is 5. The highest BCUT2D eigenvalue weighted by molar-refractivity contribution is 7.00. The number of nitrogens with zero attached hydrogens (tertiary/aromatic N) is 2. The van der Waals surface area contributed by atoms with Gasteiger partial charge in [-0.2, -0.15) is 0 Å².